The zero-order chi connectivity index (χ0) is 16.9. The van der Waals surface area contributed by atoms with Gasteiger partial charge in [-0.1, -0.05) is 12.1 Å². The highest BCUT2D eigenvalue weighted by Crippen LogP contribution is 2.28. The second kappa shape index (κ2) is 7.29. The van der Waals surface area contributed by atoms with Crippen LogP contribution in [0.15, 0.2) is 36.7 Å². The molecule has 1 aromatic heterocycles. The highest BCUT2D eigenvalue weighted by Gasteiger charge is 2.25. The average molecular weight is 326 g/mol. The van der Waals surface area contributed by atoms with Gasteiger partial charge in [-0.3, -0.25) is 0 Å². The molecule has 0 amide bonds. The lowest BCUT2D eigenvalue weighted by Gasteiger charge is -2.19. The summed E-state index contributed by atoms with van der Waals surface area (Å²) >= 11 is 0. The molecular formula is C18H22N4O2. The number of aromatic nitrogens is 2. The molecule has 0 bridgehead atoms. The van der Waals surface area contributed by atoms with E-state index >= 15 is 0 Å². The number of hydrogen-bond acceptors (Lipinski definition) is 6. The lowest BCUT2D eigenvalue weighted by Crippen LogP contribution is -2.22. The summed E-state index contributed by atoms with van der Waals surface area (Å²) < 4.78 is 4.73. The van der Waals surface area contributed by atoms with E-state index in [1.165, 1.54) is 12.7 Å². The molecule has 2 aromatic rings. The second-order valence-electron chi connectivity index (χ2n) is 5.97. The highest BCUT2D eigenvalue weighted by molar-refractivity contribution is 5.89. The minimum Gasteiger partial charge on any atom is -0.465 e. The van der Waals surface area contributed by atoms with Crippen LogP contribution in [0.3, 0.4) is 0 Å². The smallest absolute Gasteiger partial charge is 0.337 e. The summed E-state index contributed by atoms with van der Waals surface area (Å²) in [5, 5.41) is 3.10. The molecule has 0 saturated carbocycles. The minimum atomic E-state index is -0.296. The van der Waals surface area contributed by atoms with E-state index in [0.717, 1.165) is 37.6 Å². The Morgan fingerprint density at radius 3 is 2.75 bits per heavy atom. The van der Waals surface area contributed by atoms with Crippen LogP contribution in [0.25, 0.3) is 0 Å². The summed E-state index contributed by atoms with van der Waals surface area (Å²) in [7, 11) is 3.26. The van der Waals surface area contributed by atoms with Gasteiger partial charge in [-0.2, -0.15) is 0 Å². The van der Waals surface area contributed by atoms with E-state index < -0.39 is 0 Å². The number of esters is 1. The van der Waals surface area contributed by atoms with Crippen molar-refractivity contribution in [2.75, 3.05) is 37.5 Å². The summed E-state index contributed by atoms with van der Waals surface area (Å²) in [4.78, 5) is 22.6. The number of rotatable bonds is 5. The minimum absolute atomic E-state index is 0.296. The molecule has 1 atom stereocenters. The Labute approximate surface area is 141 Å². The normalized spacial score (nSPS) is 16.9. The van der Waals surface area contributed by atoms with Gasteiger partial charge in [0.15, 0.2) is 11.6 Å². The Morgan fingerprint density at radius 2 is 2.04 bits per heavy atom. The van der Waals surface area contributed by atoms with Gasteiger partial charge >= 0.3 is 5.97 Å². The first-order valence-electron chi connectivity index (χ1n) is 8.12. The number of benzene rings is 1. The lowest BCUT2D eigenvalue weighted by atomic mass is 9.98. The van der Waals surface area contributed by atoms with Crippen LogP contribution in [-0.4, -0.2) is 43.2 Å². The van der Waals surface area contributed by atoms with E-state index in [1.54, 1.807) is 12.4 Å². The molecule has 0 aliphatic carbocycles. The Hall–Kier alpha value is -2.63. The van der Waals surface area contributed by atoms with Crippen molar-refractivity contribution in [3.8, 4) is 0 Å². The van der Waals surface area contributed by atoms with E-state index in [9.17, 15) is 4.79 Å². The monoisotopic (exact) mass is 326 g/mol. The molecule has 1 aliphatic heterocycles. The van der Waals surface area contributed by atoms with Crippen molar-refractivity contribution in [3.63, 3.8) is 0 Å². The van der Waals surface area contributed by atoms with Gasteiger partial charge in [0.1, 0.15) is 0 Å². The molecule has 0 radical (unpaired) electrons. The molecule has 6 heteroatoms. The van der Waals surface area contributed by atoms with Gasteiger partial charge in [0.25, 0.3) is 0 Å². The second-order valence-corrected chi connectivity index (χ2v) is 5.97. The van der Waals surface area contributed by atoms with E-state index in [0.29, 0.717) is 11.5 Å². The molecule has 1 fully saturated rings. The van der Waals surface area contributed by atoms with Gasteiger partial charge in [-0.05, 0) is 36.5 Å². The Morgan fingerprint density at radius 1 is 1.29 bits per heavy atom. The molecule has 3 rings (SSSR count). The summed E-state index contributed by atoms with van der Waals surface area (Å²) in [6.07, 6.45) is 5.55. The fourth-order valence-corrected chi connectivity index (χ4v) is 3.16. The van der Waals surface area contributed by atoms with Crippen LogP contribution in [0.2, 0.25) is 0 Å². The zero-order valence-corrected chi connectivity index (χ0v) is 14.0. The van der Waals surface area contributed by atoms with Gasteiger partial charge in [0.05, 0.1) is 12.7 Å². The fraction of sp³-hybridized carbons (Fsp3) is 0.389. The van der Waals surface area contributed by atoms with Gasteiger partial charge in [-0.25, -0.2) is 14.8 Å². The van der Waals surface area contributed by atoms with Gasteiger partial charge in [-0.15, -0.1) is 0 Å². The maximum atomic E-state index is 11.5. The van der Waals surface area contributed by atoms with Crippen LogP contribution >= 0.6 is 0 Å². The maximum absolute atomic E-state index is 11.5. The highest BCUT2D eigenvalue weighted by atomic mass is 16.5. The molecule has 1 unspecified atom stereocenters. The van der Waals surface area contributed by atoms with Crippen molar-refractivity contribution in [1.82, 2.24) is 9.97 Å². The van der Waals surface area contributed by atoms with Crippen molar-refractivity contribution in [2.24, 2.45) is 5.92 Å². The van der Waals surface area contributed by atoms with Crippen LogP contribution < -0.4 is 10.2 Å². The largest absolute Gasteiger partial charge is 0.465 e. The molecule has 1 aliphatic rings. The first-order valence-corrected chi connectivity index (χ1v) is 8.12. The zero-order valence-electron chi connectivity index (χ0n) is 14.0. The van der Waals surface area contributed by atoms with Crippen LogP contribution in [-0.2, 0) is 11.2 Å². The predicted octanol–water partition coefficient (Wildman–Crippen LogP) is 2.37. The molecule has 6 nitrogen and oxygen atoms in total. The van der Waals surface area contributed by atoms with Crippen molar-refractivity contribution >= 4 is 17.6 Å². The van der Waals surface area contributed by atoms with Crippen molar-refractivity contribution in [2.45, 2.75) is 12.8 Å². The van der Waals surface area contributed by atoms with Crippen molar-refractivity contribution < 1.29 is 9.53 Å². The summed E-state index contributed by atoms with van der Waals surface area (Å²) in [6, 6.07) is 7.68. The first-order chi connectivity index (χ1) is 11.7. The number of ether oxygens (including phenoxy) is 1. The predicted molar refractivity (Wildman–Crippen MR) is 93.4 cm³/mol. The number of hydrogen-bond donors (Lipinski definition) is 1. The van der Waals surface area contributed by atoms with Gasteiger partial charge in [0.2, 0.25) is 0 Å². The number of carbonyl (C=O) groups is 1. The molecule has 126 valence electrons. The van der Waals surface area contributed by atoms with Crippen LogP contribution in [0, 0.1) is 5.92 Å². The molecule has 1 saturated heterocycles. The quantitative estimate of drug-likeness (QED) is 0.851. The number of methoxy groups -OCH3 is 1. The topological polar surface area (TPSA) is 67.4 Å². The average Bonchev–Trinajstić information content (AvgIpc) is 3.10. The Balaban J connectivity index is 1.63. The first kappa shape index (κ1) is 16.2. The molecule has 0 spiro atoms. The van der Waals surface area contributed by atoms with E-state index in [4.69, 9.17) is 4.74 Å². The Bertz CT molecular complexity index is 702. The third-order valence-electron chi connectivity index (χ3n) is 4.40. The number of nitrogens with zero attached hydrogens (tertiary/aromatic N) is 3. The number of nitrogens with one attached hydrogen (secondary N) is 1. The summed E-state index contributed by atoms with van der Waals surface area (Å²) in [6.45, 7) is 1.95. The molecular weight excluding hydrogens is 304 g/mol. The number of anilines is 2. The van der Waals surface area contributed by atoms with Crippen LogP contribution in [0.5, 0.6) is 0 Å². The fourth-order valence-electron chi connectivity index (χ4n) is 3.16. The third kappa shape index (κ3) is 3.48. The van der Waals surface area contributed by atoms with Crippen LogP contribution in [0.1, 0.15) is 22.3 Å². The summed E-state index contributed by atoms with van der Waals surface area (Å²) in [5.74, 6) is 2.01. The number of carbonyl (C=O) groups excluding carboxylic acids is 1. The molecule has 1 aromatic carbocycles. The molecule has 1 N–H and O–H groups in total. The standard InChI is InChI=1S/C18H22N4O2/c1-19-16-17(21-9-8-20-16)22-10-7-14(12-22)11-13-3-5-15(6-4-13)18(23)24-2/h3-6,8-9,14H,7,10-12H2,1-2H3,(H,19,20). The van der Waals surface area contributed by atoms with Gasteiger partial charge < -0.3 is 15.0 Å². The van der Waals surface area contributed by atoms with Crippen molar-refractivity contribution in [3.05, 3.63) is 47.8 Å². The van der Waals surface area contributed by atoms with Crippen molar-refractivity contribution in [1.29, 1.82) is 0 Å². The Kier molecular flexibility index (Phi) is 4.93. The maximum Gasteiger partial charge on any atom is 0.337 e. The molecule has 24 heavy (non-hydrogen) atoms. The van der Waals surface area contributed by atoms with E-state index in [2.05, 4.69) is 20.2 Å². The summed E-state index contributed by atoms with van der Waals surface area (Å²) in [5.41, 5.74) is 1.83. The molecule has 2 heterocycles. The lowest BCUT2D eigenvalue weighted by molar-refractivity contribution is 0.0600. The van der Waals surface area contributed by atoms with Gasteiger partial charge in [0, 0.05) is 32.5 Å². The van der Waals surface area contributed by atoms with E-state index in [1.807, 2.05) is 31.3 Å². The van der Waals surface area contributed by atoms with E-state index in [-0.39, 0.29) is 5.97 Å². The van der Waals surface area contributed by atoms with Crippen LogP contribution in [0.4, 0.5) is 11.6 Å². The third-order valence-corrected chi connectivity index (χ3v) is 4.40. The SMILES string of the molecule is CNc1nccnc1N1CCC(Cc2ccc(C(=O)OC)cc2)C1.